The molecule has 4 aromatic heterocycles. The number of morpholine rings is 1. The third-order valence-electron chi connectivity index (χ3n) is 8.45. The summed E-state index contributed by atoms with van der Waals surface area (Å²) in [7, 11) is 1.55. The second-order valence-electron chi connectivity index (χ2n) is 11.4. The summed E-state index contributed by atoms with van der Waals surface area (Å²) in [5, 5.41) is 14.1. The number of aromatic nitrogens is 4. The van der Waals surface area contributed by atoms with Crippen molar-refractivity contribution in [3.05, 3.63) is 66.2 Å². The predicted octanol–water partition coefficient (Wildman–Crippen LogP) is 2.34. The van der Waals surface area contributed by atoms with Crippen molar-refractivity contribution in [3.63, 3.8) is 0 Å². The number of hydrogen-bond donors (Lipinski definition) is 0. The van der Waals surface area contributed by atoms with E-state index in [1.807, 2.05) is 35.5 Å². The number of ether oxygens (including phenoxy) is 3. The Hall–Kier alpha value is -4.73. The van der Waals surface area contributed by atoms with Crippen LogP contribution in [-0.2, 0) is 4.74 Å². The van der Waals surface area contributed by atoms with Gasteiger partial charge in [-0.25, -0.2) is 14.5 Å². The first kappa shape index (κ1) is 27.1. The molecule has 3 saturated heterocycles. The normalized spacial score (nSPS) is 17.8. The van der Waals surface area contributed by atoms with Crippen molar-refractivity contribution in [3.8, 4) is 28.8 Å². The Morgan fingerprint density at radius 2 is 1.91 bits per heavy atom. The Morgan fingerprint density at radius 1 is 1.07 bits per heavy atom. The molecule has 0 bridgehead atoms. The van der Waals surface area contributed by atoms with Crippen molar-refractivity contribution in [1.82, 2.24) is 29.4 Å². The van der Waals surface area contributed by atoms with Crippen LogP contribution < -0.4 is 14.4 Å². The molecule has 0 radical (unpaired) electrons. The highest BCUT2D eigenvalue weighted by atomic mass is 16.5. The van der Waals surface area contributed by atoms with Crippen LogP contribution in [0.4, 0.5) is 5.82 Å². The Labute approximate surface area is 249 Å². The Balaban J connectivity index is 1.01. The number of rotatable bonds is 8. The number of anilines is 1. The number of methoxy groups -OCH3 is 1. The van der Waals surface area contributed by atoms with E-state index in [1.165, 1.54) is 0 Å². The maximum absolute atomic E-state index is 12.8. The van der Waals surface area contributed by atoms with Crippen LogP contribution in [0.25, 0.3) is 16.6 Å². The van der Waals surface area contributed by atoms with Gasteiger partial charge in [-0.1, -0.05) is 0 Å². The molecule has 0 N–H and O–H groups in total. The van der Waals surface area contributed by atoms with E-state index in [4.69, 9.17) is 19.2 Å². The van der Waals surface area contributed by atoms with Crippen molar-refractivity contribution in [2.24, 2.45) is 5.41 Å². The van der Waals surface area contributed by atoms with E-state index in [2.05, 4.69) is 26.0 Å². The number of nitrogens with zero attached hydrogens (tertiary/aromatic N) is 8. The summed E-state index contributed by atoms with van der Waals surface area (Å²) in [6.07, 6.45) is 6.80. The van der Waals surface area contributed by atoms with Crippen LogP contribution in [0.1, 0.15) is 15.9 Å². The van der Waals surface area contributed by atoms with Gasteiger partial charge in [0.1, 0.15) is 24.2 Å². The van der Waals surface area contributed by atoms with Gasteiger partial charge in [0, 0.05) is 80.8 Å². The van der Waals surface area contributed by atoms with E-state index < -0.39 is 0 Å². The third-order valence-corrected chi connectivity index (χ3v) is 8.45. The molecular weight excluding hydrogens is 548 g/mol. The quantitative estimate of drug-likeness (QED) is 0.307. The molecule has 4 aromatic rings. The lowest BCUT2D eigenvalue weighted by molar-refractivity contribution is -0.0108. The first-order valence-electron chi connectivity index (χ1n) is 14.4. The SMILES string of the molecule is COc1ccc(C(=O)N2CC3(C2)CN(c2ccc(-c4cc(OCCN5CCOCC5)cn5ncc(C#N)c45)cn2)C3)cn1. The van der Waals surface area contributed by atoms with Crippen LogP contribution >= 0.6 is 0 Å². The van der Waals surface area contributed by atoms with E-state index in [1.54, 1.807) is 36.2 Å². The summed E-state index contributed by atoms with van der Waals surface area (Å²) in [4.78, 5) is 28.2. The highest BCUT2D eigenvalue weighted by Crippen LogP contribution is 2.42. The van der Waals surface area contributed by atoms with Crippen LogP contribution in [0, 0.1) is 16.7 Å². The summed E-state index contributed by atoms with van der Waals surface area (Å²) in [5.41, 5.74) is 3.63. The van der Waals surface area contributed by atoms with Gasteiger partial charge in [0.15, 0.2) is 0 Å². The first-order chi connectivity index (χ1) is 21.0. The molecule has 1 spiro atoms. The van der Waals surface area contributed by atoms with Gasteiger partial charge in [0.2, 0.25) is 5.88 Å². The van der Waals surface area contributed by atoms with Crippen molar-refractivity contribution < 1.29 is 19.0 Å². The third kappa shape index (κ3) is 5.22. The van der Waals surface area contributed by atoms with Crippen molar-refractivity contribution in [2.75, 3.05) is 77.6 Å². The number of nitriles is 1. The van der Waals surface area contributed by atoms with Crippen LogP contribution in [0.3, 0.4) is 0 Å². The molecule has 0 saturated carbocycles. The van der Waals surface area contributed by atoms with Gasteiger partial charge in [0.25, 0.3) is 5.91 Å². The van der Waals surface area contributed by atoms with Crippen LogP contribution in [0.15, 0.2) is 55.1 Å². The second kappa shape index (κ2) is 11.2. The van der Waals surface area contributed by atoms with Crippen LogP contribution in [-0.4, -0.2) is 108 Å². The van der Waals surface area contributed by atoms with E-state index in [-0.39, 0.29) is 11.3 Å². The summed E-state index contributed by atoms with van der Waals surface area (Å²) >= 11 is 0. The summed E-state index contributed by atoms with van der Waals surface area (Å²) < 4.78 is 18.3. The number of hydrogen-bond acceptors (Lipinski definition) is 10. The Morgan fingerprint density at radius 3 is 2.60 bits per heavy atom. The Bertz CT molecular complexity index is 1660. The first-order valence-corrected chi connectivity index (χ1v) is 14.4. The highest BCUT2D eigenvalue weighted by Gasteiger charge is 2.53. The van der Waals surface area contributed by atoms with Gasteiger partial charge in [-0.3, -0.25) is 9.69 Å². The molecule has 1 amide bonds. The minimum Gasteiger partial charge on any atom is -0.491 e. The molecular formula is C31H32N8O4. The summed E-state index contributed by atoms with van der Waals surface area (Å²) in [6, 6.07) is 11.7. The molecule has 220 valence electrons. The predicted molar refractivity (Wildman–Crippen MR) is 157 cm³/mol. The molecule has 12 heteroatoms. The molecule has 12 nitrogen and oxygen atoms in total. The van der Waals surface area contributed by atoms with Gasteiger partial charge in [-0.15, -0.1) is 0 Å². The summed E-state index contributed by atoms with van der Waals surface area (Å²) in [6.45, 7) is 7.83. The maximum Gasteiger partial charge on any atom is 0.255 e. The number of carbonyl (C=O) groups excluding carboxylic acids is 1. The van der Waals surface area contributed by atoms with E-state index >= 15 is 0 Å². The number of likely N-dealkylation sites (tertiary alicyclic amines) is 1. The lowest BCUT2D eigenvalue weighted by atomic mass is 9.72. The van der Waals surface area contributed by atoms with Crippen LogP contribution in [0.5, 0.6) is 11.6 Å². The standard InChI is InChI=1S/C31H32N8O4/c1-41-28-5-3-23(15-34-28)30(40)38-20-31(21-38)18-37(19-31)27-4-2-22(14-33-27)26-12-25(17-39-29(26)24(13-32)16-35-39)43-11-8-36-6-9-42-10-7-36/h2-5,12,14-17H,6-11,18-21H2,1H3. The fourth-order valence-electron chi connectivity index (χ4n) is 6.17. The van der Waals surface area contributed by atoms with E-state index in [0.29, 0.717) is 29.4 Å². The van der Waals surface area contributed by atoms with Crippen molar-refractivity contribution in [2.45, 2.75) is 0 Å². The second-order valence-corrected chi connectivity index (χ2v) is 11.4. The molecule has 0 atom stereocenters. The molecule has 3 aliphatic rings. The average molecular weight is 581 g/mol. The highest BCUT2D eigenvalue weighted by molar-refractivity contribution is 5.94. The van der Waals surface area contributed by atoms with Crippen LogP contribution in [0.2, 0.25) is 0 Å². The van der Waals surface area contributed by atoms with Gasteiger partial charge >= 0.3 is 0 Å². The zero-order valence-corrected chi connectivity index (χ0v) is 24.0. The molecule has 3 fully saturated rings. The average Bonchev–Trinajstić information content (AvgIpc) is 3.43. The number of pyridine rings is 3. The Kier molecular flexibility index (Phi) is 7.04. The monoisotopic (exact) mass is 580 g/mol. The zero-order chi connectivity index (χ0) is 29.4. The molecule has 0 aromatic carbocycles. The van der Waals surface area contributed by atoms with Crippen molar-refractivity contribution >= 4 is 17.2 Å². The molecule has 0 unspecified atom stereocenters. The van der Waals surface area contributed by atoms with Gasteiger partial charge in [-0.2, -0.15) is 10.4 Å². The molecule has 7 heterocycles. The molecule has 7 rings (SSSR count). The fraction of sp³-hybridized carbons (Fsp3) is 0.387. The minimum absolute atomic E-state index is 0.00284. The summed E-state index contributed by atoms with van der Waals surface area (Å²) in [5.74, 6) is 2.07. The largest absolute Gasteiger partial charge is 0.491 e. The lowest BCUT2D eigenvalue weighted by Crippen LogP contribution is -2.73. The maximum atomic E-state index is 12.8. The number of fused-ring (bicyclic) bond motifs is 1. The van der Waals surface area contributed by atoms with Crippen molar-refractivity contribution in [1.29, 1.82) is 5.26 Å². The molecule has 43 heavy (non-hydrogen) atoms. The van der Waals surface area contributed by atoms with E-state index in [0.717, 1.165) is 81.5 Å². The minimum atomic E-state index is -0.00284. The van der Waals surface area contributed by atoms with Gasteiger partial charge in [-0.05, 0) is 24.3 Å². The van der Waals surface area contributed by atoms with Gasteiger partial charge in [0.05, 0.1) is 49.4 Å². The number of amides is 1. The van der Waals surface area contributed by atoms with Gasteiger partial charge < -0.3 is 24.0 Å². The number of carbonyl (C=O) groups is 1. The molecule has 3 aliphatic heterocycles. The topological polar surface area (TPSA) is 121 Å². The zero-order valence-electron chi connectivity index (χ0n) is 24.0. The smallest absolute Gasteiger partial charge is 0.255 e. The lowest BCUT2D eigenvalue weighted by Gasteiger charge is -2.60. The molecule has 0 aliphatic carbocycles. The fourth-order valence-corrected chi connectivity index (χ4v) is 6.17. The van der Waals surface area contributed by atoms with E-state index in [9.17, 15) is 10.1 Å².